The van der Waals surface area contributed by atoms with Crippen molar-refractivity contribution in [1.29, 1.82) is 0 Å². The number of nitrogens with one attached hydrogen (secondary N) is 4. The number of benzene rings is 1. The lowest BCUT2D eigenvalue weighted by Crippen LogP contribution is -2.40. The molecule has 4 N–H and O–H groups in total. The number of rotatable bonds is 5. The van der Waals surface area contributed by atoms with Gasteiger partial charge in [0.1, 0.15) is 0 Å². The quantitative estimate of drug-likeness (QED) is 0.538. The number of anilines is 2. The predicted octanol–water partition coefficient (Wildman–Crippen LogP) is 5.33. The Bertz CT molecular complexity index is 677. The topological polar surface area (TPSA) is 82.3 Å². The first-order valence-electron chi connectivity index (χ1n) is 11.2. The van der Waals surface area contributed by atoms with Gasteiger partial charge >= 0.3 is 12.1 Å². The van der Waals surface area contributed by atoms with E-state index in [9.17, 15) is 9.59 Å². The summed E-state index contributed by atoms with van der Waals surface area (Å²) in [4.78, 5) is 23.8. The molecule has 0 atom stereocenters. The third-order valence-electron chi connectivity index (χ3n) is 6.59. The molecular formula is C23H36N4O2. The molecule has 2 aliphatic carbocycles. The van der Waals surface area contributed by atoms with Crippen molar-refractivity contribution in [2.45, 2.75) is 70.8 Å². The van der Waals surface area contributed by atoms with Gasteiger partial charge in [0.2, 0.25) is 0 Å². The van der Waals surface area contributed by atoms with Gasteiger partial charge in [-0.15, -0.1) is 0 Å². The third-order valence-corrected chi connectivity index (χ3v) is 6.59. The van der Waals surface area contributed by atoms with Crippen molar-refractivity contribution in [3.05, 3.63) is 24.3 Å². The van der Waals surface area contributed by atoms with Crippen LogP contribution in [0.3, 0.4) is 0 Å². The summed E-state index contributed by atoms with van der Waals surface area (Å²) in [7, 11) is 1.56. The highest BCUT2D eigenvalue weighted by Crippen LogP contribution is 2.36. The van der Waals surface area contributed by atoms with Crippen molar-refractivity contribution >= 4 is 23.4 Å². The Hall–Kier alpha value is -2.24. The highest BCUT2D eigenvalue weighted by molar-refractivity contribution is 5.92. The summed E-state index contributed by atoms with van der Waals surface area (Å²) in [6.07, 6.45) is 11.6. The smallest absolute Gasteiger partial charge is 0.319 e. The molecule has 160 valence electrons. The van der Waals surface area contributed by atoms with Gasteiger partial charge in [-0.3, -0.25) is 0 Å². The Morgan fingerprint density at radius 2 is 1.41 bits per heavy atom. The van der Waals surface area contributed by atoms with Crippen molar-refractivity contribution in [3.63, 3.8) is 0 Å². The molecule has 0 aromatic heterocycles. The Labute approximate surface area is 174 Å². The zero-order valence-electron chi connectivity index (χ0n) is 17.8. The highest BCUT2D eigenvalue weighted by atomic mass is 16.2. The minimum Gasteiger partial charge on any atom is -0.341 e. The van der Waals surface area contributed by atoms with Crippen molar-refractivity contribution in [3.8, 4) is 0 Å². The van der Waals surface area contributed by atoms with Crippen molar-refractivity contribution < 1.29 is 9.59 Å². The largest absolute Gasteiger partial charge is 0.341 e. The second kappa shape index (κ2) is 10.5. The highest BCUT2D eigenvalue weighted by Gasteiger charge is 2.26. The number of amides is 4. The molecule has 1 aromatic rings. The van der Waals surface area contributed by atoms with Gasteiger partial charge in [-0.05, 0) is 68.1 Å². The van der Waals surface area contributed by atoms with E-state index in [-0.39, 0.29) is 18.1 Å². The molecule has 2 aliphatic rings. The summed E-state index contributed by atoms with van der Waals surface area (Å²) >= 11 is 0. The van der Waals surface area contributed by atoms with Crippen LogP contribution in [-0.4, -0.2) is 25.2 Å². The fourth-order valence-electron chi connectivity index (χ4n) is 4.80. The van der Waals surface area contributed by atoms with E-state index in [2.05, 4.69) is 28.2 Å². The van der Waals surface area contributed by atoms with Gasteiger partial charge in [-0.2, -0.15) is 0 Å². The molecule has 29 heavy (non-hydrogen) atoms. The first kappa shape index (κ1) is 21.5. The van der Waals surface area contributed by atoms with Crippen molar-refractivity contribution in [2.24, 2.45) is 17.8 Å². The van der Waals surface area contributed by atoms with Gasteiger partial charge in [0.15, 0.2) is 0 Å². The van der Waals surface area contributed by atoms with E-state index in [0.717, 1.165) is 30.6 Å². The number of carbonyl (C=O) groups is 2. The van der Waals surface area contributed by atoms with Crippen molar-refractivity contribution in [2.75, 3.05) is 17.7 Å². The molecule has 6 nitrogen and oxygen atoms in total. The molecule has 2 fully saturated rings. The van der Waals surface area contributed by atoms with Crippen LogP contribution in [0.5, 0.6) is 0 Å². The van der Waals surface area contributed by atoms with Gasteiger partial charge in [-0.25, -0.2) is 9.59 Å². The number of carbonyl (C=O) groups excluding carboxylic acids is 2. The second-order valence-corrected chi connectivity index (χ2v) is 8.96. The number of hydrogen-bond acceptors (Lipinski definition) is 2. The van der Waals surface area contributed by atoms with Crippen LogP contribution >= 0.6 is 0 Å². The third kappa shape index (κ3) is 6.94. The maximum Gasteiger partial charge on any atom is 0.319 e. The van der Waals surface area contributed by atoms with E-state index in [0.29, 0.717) is 11.4 Å². The van der Waals surface area contributed by atoms with Gasteiger partial charge in [-0.1, -0.05) is 38.7 Å². The van der Waals surface area contributed by atoms with Gasteiger partial charge in [0.05, 0.1) is 0 Å². The summed E-state index contributed by atoms with van der Waals surface area (Å²) in [6, 6.07) is 6.94. The maximum atomic E-state index is 12.4. The molecule has 6 heteroatoms. The molecule has 0 radical (unpaired) electrons. The zero-order chi connectivity index (χ0) is 20.6. The van der Waals surface area contributed by atoms with Crippen LogP contribution in [-0.2, 0) is 0 Å². The first-order chi connectivity index (χ1) is 14.0. The molecule has 0 heterocycles. The van der Waals surface area contributed by atoms with Gasteiger partial charge in [0, 0.05) is 24.5 Å². The summed E-state index contributed by atoms with van der Waals surface area (Å²) in [5.41, 5.74) is 1.30. The minimum absolute atomic E-state index is 0.174. The monoisotopic (exact) mass is 400 g/mol. The first-order valence-corrected chi connectivity index (χ1v) is 11.2. The molecule has 0 spiro atoms. The van der Waals surface area contributed by atoms with Crippen LogP contribution in [0.4, 0.5) is 21.0 Å². The van der Waals surface area contributed by atoms with E-state index >= 15 is 0 Å². The summed E-state index contributed by atoms with van der Waals surface area (Å²) in [5, 5.41) is 11.2. The molecule has 0 aliphatic heterocycles. The van der Waals surface area contributed by atoms with E-state index in [1.807, 2.05) is 6.07 Å². The fourth-order valence-corrected chi connectivity index (χ4v) is 4.80. The van der Waals surface area contributed by atoms with Crippen LogP contribution < -0.4 is 21.3 Å². The fraction of sp³-hybridized carbons (Fsp3) is 0.652. The number of urea groups is 2. The molecule has 3 rings (SSSR count). The van der Waals surface area contributed by atoms with E-state index in [1.54, 1.807) is 25.2 Å². The molecule has 0 unspecified atom stereocenters. The van der Waals surface area contributed by atoms with Crippen LogP contribution in [0, 0.1) is 17.8 Å². The second-order valence-electron chi connectivity index (χ2n) is 8.96. The summed E-state index contributed by atoms with van der Waals surface area (Å²) in [6.45, 7) is 2.38. The number of hydrogen-bond donors (Lipinski definition) is 4. The maximum absolute atomic E-state index is 12.4. The Balaban J connectivity index is 1.38. The lowest BCUT2D eigenvalue weighted by atomic mass is 9.75. The van der Waals surface area contributed by atoms with E-state index < -0.39 is 0 Å². The van der Waals surface area contributed by atoms with Gasteiger partial charge < -0.3 is 21.3 Å². The molecular weight excluding hydrogens is 364 g/mol. The van der Waals surface area contributed by atoms with Crippen LogP contribution in [0.2, 0.25) is 0 Å². The standard InChI is InChI=1S/C23H36N4O2/c1-16-6-8-17(9-7-16)14-18-10-12-19(13-11-18)25-23(29)27-21-5-3-4-20(15-21)26-22(28)24-2/h3-5,15-19H,6-14H2,1-2H3,(H2,24,26,28)(H2,25,27,29). The van der Waals surface area contributed by atoms with Crippen molar-refractivity contribution in [1.82, 2.24) is 10.6 Å². The zero-order valence-corrected chi connectivity index (χ0v) is 17.8. The van der Waals surface area contributed by atoms with E-state index in [1.165, 1.54) is 44.9 Å². The van der Waals surface area contributed by atoms with Crippen LogP contribution in [0.25, 0.3) is 0 Å². The Morgan fingerprint density at radius 3 is 2.00 bits per heavy atom. The van der Waals surface area contributed by atoms with Crippen LogP contribution in [0.1, 0.15) is 64.7 Å². The molecule has 2 saturated carbocycles. The van der Waals surface area contributed by atoms with Gasteiger partial charge in [0.25, 0.3) is 0 Å². The van der Waals surface area contributed by atoms with Crippen LogP contribution in [0.15, 0.2) is 24.3 Å². The summed E-state index contributed by atoms with van der Waals surface area (Å²) in [5.74, 6) is 2.69. The average molecular weight is 401 g/mol. The lowest BCUT2D eigenvalue weighted by molar-refractivity contribution is 0.202. The molecule has 0 saturated heterocycles. The molecule has 1 aromatic carbocycles. The minimum atomic E-state index is -0.286. The normalized spacial score (nSPS) is 27.0. The lowest BCUT2D eigenvalue weighted by Gasteiger charge is -2.33. The predicted molar refractivity (Wildman–Crippen MR) is 118 cm³/mol. The SMILES string of the molecule is CNC(=O)Nc1cccc(NC(=O)NC2CCC(CC3CCC(C)CC3)CC2)c1. The summed E-state index contributed by atoms with van der Waals surface area (Å²) < 4.78 is 0. The molecule has 4 amide bonds. The van der Waals surface area contributed by atoms with E-state index in [4.69, 9.17) is 0 Å². The molecule has 0 bridgehead atoms. The Kier molecular flexibility index (Phi) is 7.78. The Morgan fingerprint density at radius 1 is 0.862 bits per heavy atom. The average Bonchev–Trinajstić information content (AvgIpc) is 2.71.